The summed E-state index contributed by atoms with van der Waals surface area (Å²) in [7, 11) is -6.58. The molecule has 0 heterocycles. The van der Waals surface area contributed by atoms with Crippen LogP contribution >= 0.6 is 0 Å². The van der Waals surface area contributed by atoms with Crippen LogP contribution in [0, 0.1) is 5.41 Å². The molecule has 0 saturated heterocycles. The number of alkyl halides is 6. The summed E-state index contributed by atoms with van der Waals surface area (Å²) in [6.07, 6.45) is -2.40. The van der Waals surface area contributed by atoms with E-state index in [1.54, 1.807) is 0 Å². The van der Waals surface area contributed by atoms with Gasteiger partial charge in [0.05, 0.1) is 0 Å². The molecule has 11 heteroatoms. The summed E-state index contributed by atoms with van der Waals surface area (Å²) in [5, 5.41) is 6.48. The zero-order valence-corrected chi connectivity index (χ0v) is 9.21. The van der Waals surface area contributed by atoms with Crippen LogP contribution in [-0.2, 0) is 14.3 Å². The van der Waals surface area contributed by atoms with Gasteiger partial charge < -0.3 is 5.41 Å². The highest BCUT2D eigenvalue weighted by Gasteiger charge is 2.53. The van der Waals surface area contributed by atoms with Crippen molar-refractivity contribution in [1.29, 1.82) is 5.41 Å². The molecule has 17 heavy (non-hydrogen) atoms. The maximum Gasteiger partial charge on any atom is 0.537 e. The molecule has 0 fully saturated rings. The van der Waals surface area contributed by atoms with Gasteiger partial charge in [0, 0.05) is 0 Å². The maximum atomic E-state index is 11.2. The molecule has 0 aromatic heterocycles. The Balaban J connectivity index is 0. The first-order chi connectivity index (χ1) is 7.37. The molecule has 0 aliphatic heterocycles. The number of hydrogen-bond acceptors (Lipinski definition) is 4. The summed E-state index contributed by atoms with van der Waals surface area (Å²) >= 11 is 0. The fourth-order valence-electron chi connectivity index (χ4n) is 0.316. The highest BCUT2D eigenvalue weighted by molar-refractivity contribution is 7.87. The smallest absolute Gasteiger partial charge is 0.313 e. The molecule has 0 bridgehead atoms. The Kier molecular flexibility index (Phi) is 7.40. The van der Waals surface area contributed by atoms with Crippen LogP contribution in [0.5, 0.6) is 0 Å². The van der Waals surface area contributed by atoms with Crippen molar-refractivity contribution >= 4 is 16.3 Å². The van der Waals surface area contributed by atoms with E-state index in [0.717, 1.165) is 12.8 Å². The van der Waals surface area contributed by atoms with Crippen molar-refractivity contribution in [3.8, 4) is 0 Å². The van der Waals surface area contributed by atoms with E-state index in [1.165, 1.54) is 6.21 Å². The molecular weight excluding hydrogens is 280 g/mol. The van der Waals surface area contributed by atoms with Gasteiger partial charge in [-0.3, -0.25) is 0 Å². The lowest BCUT2D eigenvalue weighted by Gasteiger charge is -2.09. The van der Waals surface area contributed by atoms with Gasteiger partial charge in [-0.25, -0.2) is 0 Å². The van der Waals surface area contributed by atoms with Gasteiger partial charge >= 0.3 is 22.0 Å². The van der Waals surface area contributed by atoms with Crippen LogP contribution in [0.2, 0.25) is 0 Å². The lowest BCUT2D eigenvalue weighted by atomic mass is 10.4. The molecule has 0 aromatic rings. The Bertz CT molecular complexity index is 320. The van der Waals surface area contributed by atoms with Gasteiger partial charge in [-0.05, 0) is 12.6 Å². The Morgan fingerprint density at radius 3 is 1.65 bits per heavy atom. The zero-order chi connectivity index (χ0) is 14.3. The Labute approximate surface area is 93.2 Å². The van der Waals surface area contributed by atoms with Crippen LogP contribution in [-0.4, -0.2) is 26.5 Å². The van der Waals surface area contributed by atoms with Gasteiger partial charge in [-0.15, -0.1) is 13.2 Å². The Morgan fingerprint density at radius 2 is 1.59 bits per heavy atom. The topological polar surface area (TPSA) is 67.2 Å². The quantitative estimate of drug-likeness (QED) is 0.376. The molecule has 0 aromatic carbocycles. The van der Waals surface area contributed by atoms with Gasteiger partial charge in [0.2, 0.25) is 0 Å². The third-order valence-electron chi connectivity index (χ3n) is 0.921. The van der Waals surface area contributed by atoms with Crippen molar-refractivity contribution in [2.45, 2.75) is 31.6 Å². The highest BCUT2D eigenvalue weighted by atomic mass is 32.2. The van der Waals surface area contributed by atoms with E-state index >= 15 is 0 Å². The highest BCUT2D eigenvalue weighted by Crippen LogP contribution is 2.30. The minimum atomic E-state index is -6.58. The molecule has 4 nitrogen and oxygen atoms in total. The molecule has 0 saturated carbocycles. The van der Waals surface area contributed by atoms with E-state index in [2.05, 4.69) is 6.92 Å². The van der Waals surface area contributed by atoms with E-state index in [9.17, 15) is 34.8 Å². The minimum absolute atomic E-state index is 0.931. The van der Waals surface area contributed by atoms with Gasteiger partial charge in [0.1, 0.15) is 0 Å². The molecule has 104 valence electrons. The number of hydrogen-bond donors (Lipinski definition) is 1. The molecule has 0 atom stereocenters. The molecule has 0 aliphatic rings. The van der Waals surface area contributed by atoms with Gasteiger partial charge in [-0.1, -0.05) is 13.3 Å². The first-order valence-electron chi connectivity index (χ1n) is 3.95. The van der Waals surface area contributed by atoms with E-state index in [-0.39, 0.29) is 0 Å². The first-order valence-corrected chi connectivity index (χ1v) is 5.35. The molecule has 0 radical (unpaired) electrons. The SMILES string of the molecule is CCCC=N.O=S(=O)(OC(F)(F)F)C(F)(F)F. The normalized spacial score (nSPS) is 12.6. The lowest BCUT2D eigenvalue weighted by molar-refractivity contribution is -0.277. The van der Waals surface area contributed by atoms with Crippen LogP contribution in [0.25, 0.3) is 0 Å². The van der Waals surface area contributed by atoms with Crippen molar-refractivity contribution in [3.05, 3.63) is 0 Å². The second-order valence-electron chi connectivity index (χ2n) is 2.42. The maximum absolute atomic E-state index is 11.2. The summed E-state index contributed by atoms with van der Waals surface area (Å²) in [5.74, 6) is 0. The largest absolute Gasteiger partial charge is 0.537 e. The number of nitrogens with one attached hydrogen (secondary N) is 1. The first kappa shape index (κ1) is 18.5. The van der Waals surface area contributed by atoms with Crippen molar-refractivity contribution in [2.75, 3.05) is 0 Å². The average Bonchev–Trinajstić information content (AvgIpc) is 1.99. The predicted molar refractivity (Wildman–Crippen MR) is 45.8 cm³/mol. The Morgan fingerprint density at radius 1 is 1.18 bits per heavy atom. The van der Waals surface area contributed by atoms with E-state index in [4.69, 9.17) is 5.41 Å². The molecule has 0 aliphatic carbocycles. The zero-order valence-electron chi connectivity index (χ0n) is 8.39. The summed E-state index contributed by atoms with van der Waals surface area (Å²) < 4.78 is 87.4. The summed E-state index contributed by atoms with van der Waals surface area (Å²) in [5.41, 5.74) is -6.07. The van der Waals surface area contributed by atoms with E-state index in [1.807, 2.05) is 4.18 Å². The Hall–Kier alpha value is -0.840. The number of unbranched alkanes of at least 4 members (excludes halogenated alkanes) is 1. The van der Waals surface area contributed by atoms with Crippen LogP contribution in [0.15, 0.2) is 0 Å². The summed E-state index contributed by atoms with van der Waals surface area (Å²) in [6.45, 7) is 2.06. The average molecular weight is 289 g/mol. The predicted octanol–water partition coefficient (Wildman–Crippen LogP) is 2.81. The van der Waals surface area contributed by atoms with Crippen molar-refractivity contribution in [3.63, 3.8) is 0 Å². The lowest BCUT2D eigenvalue weighted by Crippen LogP contribution is -2.31. The molecule has 0 amide bonds. The van der Waals surface area contributed by atoms with Gasteiger partial charge in [0.25, 0.3) is 0 Å². The van der Waals surface area contributed by atoms with E-state index in [0.29, 0.717) is 0 Å². The van der Waals surface area contributed by atoms with Gasteiger partial charge in [0.15, 0.2) is 0 Å². The fraction of sp³-hybridized carbons (Fsp3) is 0.833. The van der Waals surface area contributed by atoms with Crippen LogP contribution in [0.1, 0.15) is 19.8 Å². The van der Waals surface area contributed by atoms with Crippen LogP contribution < -0.4 is 0 Å². The van der Waals surface area contributed by atoms with Crippen molar-refractivity contribution < 1.29 is 38.9 Å². The standard InChI is InChI=1S/C4H9N.C2F6O3S/c1-2-3-4-5;3-1(4,5)11-12(9,10)2(6,7)8/h4-5H,2-3H2,1H3;. The number of rotatable bonds is 3. The van der Waals surface area contributed by atoms with Crippen molar-refractivity contribution in [2.24, 2.45) is 0 Å². The minimum Gasteiger partial charge on any atom is -0.313 e. The van der Waals surface area contributed by atoms with Crippen LogP contribution in [0.3, 0.4) is 0 Å². The van der Waals surface area contributed by atoms with Crippen LogP contribution in [0.4, 0.5) is 26.3 Å². The third kappa shape index (κ3) is 10.1. The van der Waals surface area contributed by atoms with Gasteiger partial charge in [-0.2, -0.15) is 25.8 Å². The molecule has 0 rings (SSSR count). The van der Waals surface area contributed by atoms with E-state index < -0.39 is 22.0 Å². The second kappa shape index (κ2) is 6.79. The monoisotopic (exact) mass is 289 g/mol. The molecule has 0 spiro atoms. The summed E-state index contributed by atoms with van der Waals surface area (Å²) in [4.78, 5) is 0. The number of halogens is 6. The fourth-order valence-corrected chi connectivity index (χ4v) is 0.659. The molecule has 1 N–H and O–H groups in total. The van der Waals surface area contributed by atoms with Crippen molar-refractivity contribution in [1.82, 2.24) is 0 Å². The summed E-state index contributed by atoms with van der Waals surface area (Å²) in [6, 6.07) is 0. The molecular formula is C6H9F6NO3S. The second-order valence-corrected chi connectivity index (χ2v) is 3.96. The third-order valence-corrected chi connectivity index (χ3v) is 1.90. The molecule has 0 unspecified atom stereocenters.